The minimum atomic E-state index is -3.21. The van der Waals surface area contributed by atoms with E-state index in [1.165, 1.54) is 17.6 Å². The predicted octanol–water partition coefficient (Wildman–Crippen LogP) is 2.70. The Morgan fingerprint density at radius 3 is 2.75 bits per heavy atom. The monoisotopic (exact) mass is 308 g/mol. The zero-order chi connectivity index (χ0) is 14.3. The fourth-order valence-electron chi connectivity index (χ4n) is 1.89. The third kappa shape index (κ3) is 2.30. The summed E-state index contributed by atoms with van der Waals surface area (Å²) >= 11 is 1.52. The molecule has 20 heavy (non-hydrogen) atoms. The Balaban J connectivity index is 2.11. The van der Waals surface area contributed by atoms with Crippen LogP contribution in [-0.4, -0.2) is 31.8 Å². The molecule has 0 unspecified atom stereocenters. The lowest BCUT2D eigenvalue weighted by molar-refractivity contribution is 0.417. The summed E-state index contributed by atoms with van der Waals surface area (Å²) in [5.74, 6) is 1.49. The molecule has 2 heterocycles. The van der Waals surface area contributed by atoms with Crippen molar-refractivity contribution in [1.29, 1.82) is 0 Å². The van der Waals surface area contributed by atoms with Gasteiger partial charge in [0.05, 0.1) is 27.9 Å². The molecule has 2 aromatic heterocycles. The maximum absolute atomic E-state index is 11.5. The quantitative estimate of drug-likeness (QED) is 0.807. The van der Waals surface area contributed by atoms with E-state index in [0.29, 0.717) is 11.3 Å². The lowest BCUT2D eigenvalue weighted by Gasteiger charge is -1.96. The van der Waals surface area contributed by atoms with Gasteiger partial charge >= 0.3 is 0 Å². The molecule has 5 nitrogen and oxygen atoms in total. The smallest absolute Gasteiger partial charge is 0.175 e. The van der Waals surface area contributed by atoms with Crippen LogP contribution in [0, 0.1) is 0 Å². The fourth-order valence-corrected chi connectivity index (χ4v) is 3.33. The van der Waals surface area contributed by atoms with Crippen LogP contribution in [0.25, 0.3) is 21.7 Å². The van der Waals surface area contributed by atoms with Crippen LogP contribution in [0.3, 0.4) is 0 Å². The Kier molecular flexibility index (Phi) is 3.02. The van der Waals surface area contributed by atoms with Crippen LogP contribution in [0.2, 0.25) is 0 Å². The van der Waals surface area contributed by atoms with E-state index in [2.05, 4.69) is 9.97 Å². The third-order valence-corrected chi connectivity index (χ3v) is 4.95. The van der Waals surface area contributed by atoms with Gasteiger partial charge in [0.1, 0.15) is 11.6 Å². The van der Waals surface area contributed by atoms with E-state index >= 15 is 0 Å². The van der Waals surface area contributed by atoms with E-state index < -0.39 is 9.84 Å². The highest BCUT2D eigenvalue weighted by Gasteiger charge is 2.12. The van der Waals surface area contributed by atoms with Crippen molar-refractivity contribution in [1.82, 2.24) is 9.97 Å². The van der Waals surface area contributed by atoms with Gasteiger partial charge in [-0.3, -0.25) is 0 Å². The van der Waals surface area contributed by atoms with Crippen LogP contribution >= 0.6 is 11.3 Å². The molecule has 0 saturated heterocycles. The molecule has 0 radical (unpaired) electrons. The van der Waals surface area contributed by atoms with Gasteiger partial charge < -0.3 is 9.72 Å². The Labute approximate surface area is 120 Å². The minimum absolute atomic E-state index is 0.281. The van der Waals surface area contributed by atoms with Crippen molar-refractivity contribution < 1.29 is 13.2 Å². The van der Waals surface area contributed by atoms with Gasteiger partial charge in [-0.25, -0.2) is 13.4 Å². The number of rotatable bonds is 3. The molecule has 0 amide bonds. The highest BCUT2D eigenvalue weighted by Crippen LogP contribution is 2.30. The molecular formula is C13H12N2O3S2. The van der Waals surface area contributed by atoms with Crippen molar-refractivity contribution in [2.45, 2.75) is 4.90 Å². The number of benzene rings is 1. The molecule has 0 aliphatic carbocycles. The number of aromatic nitrogens is 2. The largest absolute Gasteiger partial charge is 0.496 e. The molecule has 0 atom stereocenters. The van der Waals surface area contributed by atoms with E-state index in [0.717, 1.165) is 16.1 Å². The van der Waals surface area contributed by atoms with Gasteiger partial charge in [0.25, 0.3) is 0 Å². The lowest BCUT2D eigenvalue weighted by Crippen LogP contribution is -1.96. The lowest BCUT2D eigenvalue weighted by atomic mass is 10.3. The number of hydrogen-bond donors (Lipinski definition) is 1. The number of H-pyrrole nitrogens is 1. The van der Waals surface area contributed by atoms with Crippen molar-refractivity contribution in [3.8, 4) is 16.5 Å². The predicted molar refractivity (Wildman–Crippen MR) is 79.1 cm³/mol. The summed E-state index contributed by atoms with van der Waals surface area (Å²) in [6.45, 7) is 0. The molecule has 0 aliphatic heterocycles. The van der Waals surface area contributed by atoms with E-state index in [1.54, 1.807) is 25.3 Å². The van der Waals surface area contributed by atoms with Crippen molar-refractivity contribution in [3.05, 3.63) is 29.6 Å². The average Bonchev–Trinajstić information content (AvgIpc) is 3.02. The highest BCUT2D eigenvalue weighted by atomic mass is 32.2. The van der Waals surface area contributed by atoms with E-state index in [-0.39, 0.29) is 4.90 Å². The van der Waals surface area contributed by atoms with E-state index in [4.69, 9.17) is 4.74 Å². The standard InChI is InChI=1S/C13H12N2O3S2/c1-18-8-5-12(19-7-8)13-14-10-4-3-9(20(2,16)17)6-11(10)15-13/h3-7H,1-2H3,(H,14,15). The first-order valence-electron chi connectivity index (χ1n) is 5.80. The molecular weight excluding hydrogens is 296 g/mol. The Morgan fingerprint density at radius 2 is 2.10 bits per heavy atom. The van der Waals surface area contributed by atoms with Crippen LogP contribution in [-0.2, 0) is 9.84 Å². The van der Waals surface area contributed by atoms with Crippen molar-refractivity contribution >= 4 is 32.2 Å². The Hall–Kier alpha value is -1.86. The average molecular weight is 308 g/mol. The number of aromatic amines is 1. The second kappa shape index (κ2) is 4.60. The minimum Gasteiger partial charge on any atom is -0.496 e. The van der Waals surface area contributed by atoms with Crippen LogP contribution in [0.15, 0.2) is 34.5 Å². The van der Waals surface area contributed by atoms with Gasteiger partial charge in [0.15, 0.2) is 9.84 Å². The van der Waals surface area contributed by atoms with Crippen LogP contribution in [0.1, 0.15) is 0 Å². The van der Waals surface area contributed by atoms with Gasteiger partial charge in [-0.05, 0) is 18.2 Å². The number of nitrogens with zero attached hydrogens (tertiary/aromatic N) is 1. The molecule has 1 N–H and O–H groups in total. The zero-order valence-corrected chi connectivity index (χ0v) is 12.5. The van der Waals surface area contributed by atoms with Crippen LogP contribution in [0.4, 0.5) is 0 Å². The van der Waals surface area contributed by atoms with Gasteiger partial charge in [0, 0.05) is 17.7 Å². The van der Waals surface area contributed by atoms with Crippen molar-refractivity contribution in [2.75, 3.05) is 13.4 Å². The number of ether oxygens (including phenoxy) is 1. The molecule has 1 aromatic carbocycles. The third-order valence-electron chi connectivity index (χ3n) is 2.93. The topological polar surface area (TPSA) is 72.0 Å². The molecule has 0 spiro atoms. The molecule has 3 rings (SSSR count). The second-order valence-corrected chi connectivity index (χ2v) is 7.31. The molecule has 0 fully saturated rings. The van der Waals surface area contributed by atoms with Crippen molar-refractivity contribution in [2.24, 2.45) is 0 Å². The fraction of sp³-hybridized carbons (Fsp3) is 0.154. The first kappa shape index (κ1) is 13.1. The molecule has 0 saturated carbocycles. The molecule has 3 aromatic rings. The molecule has 0 bridgehead atoms. The van der Waals surface area contributed by atoms with Gasteiger partial charge in [0.2, 0.25) is 0 Å². The first-order valence-corrected chi connectivity index (χ1v) is 8.57. The van der Waals surface area contributed by atoms with Gasteiger partial charge in [-0.1, -0.05) is 0 Å². The van der Waals surface area contributed by atoms with Crippen LogP contribution in [0.5, 0.6) is 5.75 Å². The number of fused-ring (bicyclic) bond motifs is 1. The summed E-state index contributed by atoms with van der Waals surface area (Å²) in [7, 11) is -1.60. The summed E-state index contributed by atoms with van der Waals surface area (Å²) in [6, 6.07) is 6.76. The Bertz CT molecular complexity index is 878. The summed E-state index contributed by atoms with van der Waals surface area (Å²) in [6.07, 6.45) is 1.19. The van der Waals surface area contributed by atoms with Crippen LogP contribution < -0.4 is 4.74 Å². The highest BCUT2D eigenvalue weighted by molar-refractivity contribution is 7.90. The Morgan fingerprint density at radius 1 is 1.30 bits per heavy atom. The number of imidazole rings is 1. The number of hydrogen-bond acceptors (Lipinski definition) is 5. The normalized spacial score (nSPS) is 11.9. The number of sulfone groups is 1. The number of methoxy groups -OCH3 is 1. The van der Waals surface area contributed by atoms with Gasteiger partial charge in [-0.2, -0.15) is 0 Å². The zero-order valence-electron chi connectivity index (χ0n) is 10.9. The number of nitrogens with one attached hydrogen (secondary N) is 1. The first-order chi connectivity index (χ1) is 9.47. The second-order valence-electron chi connectivity index (χ2n) is 4.39. The SMILES string of the molecule is COc1csc(-c2nc3ccc(S(C)(=O)=O)cc3[nH]2)c1. The maximum atomic E-state index is 11.5. The molecule has 0 aliphatic rings. The molecule has 104 valence electrons. The van der Waals surface area contributed by atoms with Gasteiger partial charge in [-0.15, -0.1) is 11.3 Å². The summed E-state index contributed by atoms with van der Waals surface area (Å²) in [4.78, 5) is 8.82. The van der Waals surface area contributed by atoms with Crippen molar-refractivity contribution in [3.63, 3.8) is 0 Å². The maximum Gasteiger partial charge on any atom is 0.175 e. The van der Waals surface area contributed by atoms with E-state index in [9.17, 15) is 8.42 Å². The molecule has 7 heteroatoms. The summed E-state index contributed by atoms with van der Waals surface area (Å²) in [5.41, 5.74) is 1.44. The number of thiophene rings is 1. The summed E-state index contributed by atoms with van der Waals surface area (Å²) < 4.78 is 28.2. The van der Waals surface area contributed by atoms with E-state index in [1.807, 2.05) is 11.4 Å². The summed E-state index contributed by atoms with van der Waals surface area (Å²) in [5, 5.41) is 1.89.